The molecule has 0 unspecified atom stereocenters. The summed E-state index contributed by atoms with van der Waals surface area (Å²) in [5.74, 6) is 0.775. The number of carbonyl (C=O) groups excluding carboxylic acids is 1. The number of rotatable bonds is 3. The van der Waals surface area contributed by atoms with Crippen molar-refractivity contribution in [1.82, 2.24) is 4.98 Å². The average Bonchev–Trinajstić information content (AvgIpc) is 2.92. The van der Waals surface area contributed by atoms with Crippen molar-refractivity contribution in [2.45, 2.75) is 6.92 Å². The Kier molecular flexibility index (Phi) is 3.43. The lowest BCUT2D eigenvalue weighted by molar-refractivity contribution is 0.112. The highest BCUT2D eigenvalue weighted by Crippen LogP contribution is 2.35. The Morgan fingerprint density at radius 1 is 1.14 bits per heavy atom. The number of fused-ring (bicyclic) bond motifs is 1. The van der Waals surface area contributed by atoms with Crippen LogP contribution in [0.1, 0.15) is 15.9 Å². The quantitative estimate of drug-likeness (QED) is 0.717. The first kappa shape index (κ1) is 13.7. The second kappa shape index (κ2) is 5.26. The summed E-state index contributed by atoms with van der Waals surface area (Å²) in [6.45, 7) is 1.99. The Morgan fingerprint density at radius 3 is 2.48 bits per heavy atom. The molecule has 0 saturated carbocycles. The average molecular weight is 300 g/mol. The first-order valence-corrected chi connectivity index (χ1v) is 6.94. The maximum absolute atomic E-state index is 11.6. The molecule has 0 aliphatic rings. The summed E-state index contributed by atoms with van der Waals surface area (Å²) in [5, 5.41) is 1.35. The van der Waals surface area contributed by atoms with Gasteiger partial charge in [0, 0.05) is 10.9 Å². The van der Waals surface area contributed by atoms with E-state index >= 15 is 0 Å². The van der Waals surface area contributed by atoms with Crippen molar-refractivity contribution in [3.05, 3.63) is 52.5 Å². The molecule has 1 aromatic heterocycles. The van der Waals surface area contributed by atoms with Crippen LogP contribution in [0.4, 0.5) is 0 Å². The van der Waals surface area contributed by atoms with Crippen LogP contribution in [0.2, 0.25) is 5.02 Å². The molecule has 3 nitrogen and oxygen atoms in total. The lowest BCUT2D eigenvalue weighted by atomic mass is 10.1. The number of benzene rings is 2. The normalized spacial score (nSPS) is 10.8. The van der Waals surface area contributed by atoms with Gasteiger partial charge in [-0.3, -0.25) is 4.79 Å². The maximum Gasteiger partial charge on any atom is 0.152 e. The summed E-state index contributed by atoms with van der Waals surface area (Å²) in [6.07, 6.45) is 0.851. The number of carbonyl (C=O) groups is 1. The highest BCUT2D eigenvalue weighted by molar-refractivity contribution is 6.37. The molecule has 1 N–H and O–H groups in total. The van der Waals surface area contributed by atoms with Crippen molar-refractivity contribution < 1.29 is 9.53 Å². The molecular formula is C17H14ClNO2. The Bertz CT molecular complexity index is 819. The van der Waals surface area contributed by atoms with E-state index in [9.17, 15) is 4.79 Å². The van der Waals surface area contributed by atoms with Gasteiger partial charge in [0.05, 0.1) is 23.3 Å². The zero-order chi connectivity index (χ0) is 15.0. The largest absolute Gasteiger partial charge is 0.497 e. The van der Waals surface area contributed by atoms with Crippen LogP contribution in [0.15, 0.2) is 36.4 Å². The van der Waals surface area contributed by atoms with E-state index < -0.39 is 0 Å². The van der Waals surface area contributed by atoms with E-state index in [0.717, 1.165) is 39.8 Å². The van der Waals surface area contributed by atoms with Gasteiger partial charge in [0.1, 0.15) is 5.75 Å². The number of ether oxygens (including phenoxy) is 1. The van der Waals surface area contributed by atoms with Crippen LogP contribution in [0.5, 0.6) is 5.75 Å². The zero-order valence-electron chi connectivity index (χ0n) is 11.7. The van der Waals surface area contributed by atoms with Crippen molar-refractivity contribution in [3.63, 3.8) is 0 Å². The molecule has 4 heteroatoms. The number of H-pyrrole nitrogens is 1. The van der Waals surface area contributed by atoms with Gasteiger partial charge in [-0.05, 0) is 48.4 Å². The van der Waals surface area contributed by atoms with E-state index in [-0.39, 0.29) is 0 Å². The van der Waals surface area contributed by atoms with Gasteiger partial charge in [0.2, 0.25) is 0 Å². The standard InChI is InChI=1S/C17H14ClNO2/c1-10-3-8-14(18)15-13(9-20)17(19-16(10)15)11-4-6-12(21-2)7-5-11/h3-9,19H,1-2H3. The molecule has 3 aromatic rings. The lowest BCUT2D eigenvalue weighted by Gasteiger charge is -2.02. The van der Waals surface area contributed by atoms with Crippen LogP contribution >= 0.6 is 11.6 Å². The molecule has 3 rings (SSSR count). The summed E-state index contributed by atoms with van der Waals surface area (Å²) >= 11 is 6.26. The zero-order valence-corrected chi connectivity index (χ0v) is 12.5. The monoisotopic (exact) mass is 299 g/mol. The van der Waals surface area contributed by atoms with Crippen LogP contribution < -0.4 is 4.74 Å². The number of nitrogens with one attached hydrogen (secondary N) is 1. The topological polar surface area (TPSA) is 42.1 Å². The molecule has 0 aliphatic heterocycles. The van der Waals surface area contributed by atoms with Crippen molar-refractivity contribution in [2.24, 2.45) is 0 Å². The second-order valence-corrected chi connectivity index (χ2v) is 5.28. The van der Waals surface area contributed by atoms with Crippen molar-refractivity contribution in [1.29, 1.82) is 0 Å². The predicted molar refractivity (Wildman–Crippen MR) is 85.4 cm³/mol. The number of aromatic nitrogens is 1. The molecule has 2 aromatic carbocycles. The molecule has 21 heavy (non-hydrogen) atoms. The molecule has 0 aliphatic carbocycles. The minimum atomic E-state index is 0.578. The molecular weight excluding hydrogens is 286 g/mol. The Balaban J connectivity index is 2.29. The number of hydrogen-bond donors (Lipinski definition) is 1. The Morgan fingerprint density at radius 2 is 1.86 bits per heavy atom. The second-order valence-electron chi connectivity index (χ2n) is 4.87. The van der Waals surface area contributed by atoms with Crippen molar-refractivity contribution >= 4 is 28.8 Å². The highest BCUT2D eigenvalue weighted by atomic mass is 35.5. The van der Waals surface area contributed by atoms with Crippen molar-refractivity contribution in [2.75, 3.05) is 7.11 Å². The van der Waals surface area contributed by atoms with E-state index in [1.54, 1.807) is 7.11 Å². The molecule has 0 saturated heterocycles. The van der Waals surface area contributed by atoms with Crippen LogP contribution in [-0.2, 0) is 0 Å². The van der Waals surface area contributed by atoms with Gasteiger partial charge in [-0.15, -0.1) is 0 Å². The number of halogens is 1. The van der Waals surface area contributed by atoms with Gasteiger partial charge in [-0.25, -0.2) is 0 Å². The summed E-state index contributed by atoms with van der Waals surface area (Å²) in [4.78, 5) is 14.9. The number of aryl methyl sites for hydroxylation is 1. The molecule has 0 spiro atoms. The third kappa shape index (κ3) is 2.20. The highest BCUT2D eigenvalue weighted by Gasteiger charge is 2.16. The lowest BCUT2D eigenvalue weighted by Crippen LogP contribution is -1.86. The summed E-state index contributed by atoms with van der Waals surface area (Å²) in [6, 6.07) is 11.3. The van der Waals surface area contributed by atoms with Gasteiger partial charge < -0.3 is 9.72 Å². The molecule has 0 radical (unpaired) electrons. The smallest absolute Gasteiger partial charge is 0.152 e. The van der Waals surface area contributed by atoms with E-state index in [1.165, 1.54) is 0 Å². The van der Waals surface area contributed by atoms with Gasteiger partial charge in [0.15, 0.2) is 6.29 Å². The molecule has 0 bridgehead atoms. The van der Waals surface area contributed by atoms with E-state index in [0.29, 0.717) is 10.6 Å². The van der Waals surface area contributed by atoms with Gasteiger partial charge in [-0.1, -0.05) is 17.7 Å². The van der Waals surface area contributed by atoms with Crippen LogP contribution in [0.3, 0.4) is 0 Å². The summed E-state index contributed by atoms with van der Waals surface area (Å²) in [7, 11) is 1.62. The number of aromatic amines is 1. The fourth-order valence-corrected chi connectivity index (χ4v) is 2.79. The van der Waals surface area contributed by atoms with Gasteiger partial charge in [0.25, 0.3) is 0 Å². The molecule has 1 heterocycles. The van der Waals surface area contributed by atoms with Crippen LogP contribution in [-0.4, -0.2) is 18.4 Å². The molecule has 0 amide bonds. The summed E-state index contributed by atoms with van der Waals surface area (Å²) < 4.78 is 5.16. The Hall–Kier alpha value is -2.26. The minimum Gasteiger partial charge on any atom is -0.497 e. The van der Waals surface area contributed by atoms with Gasteiger partial charge >= 0.3 is 0 Å². The third-order valence-corrected chi connectivity index (χ3v) is 3.96. The number of methoxy groups -OCH3 is 1. The van der Waals surface area contributed by atoms with Gasteiger partial charge in [-0.2, -0.15) is 0 Å². The first-order valence-electron chi connectivity index (χ1n) is 6.56. The maximum atomic E-state index is 11.6. The molecule has 0 atom stereocenters. The Labute approximate surface area is 127 Å². The van der Waals surface area contributed by atoms with E-state index in [2.05, 4.69) is 4.98 Å². The summed E-state index contributed by atoms with van der Waals surface area (Å²) in [5.41, 5.74) is 4.24. The SMILES string of the molecule is COc1ccc(-c2[nH]c3c(C)ccc(Cl)c3c2C=O)cc1. The molecule has 0 fully saturated rings. The minimum absolute atomic E-state index is 0.578. The third-order valence-electron chi connectivity index (χ3n) is 3.65. The van der Waals surface area contributed by atoms with E-state index in [4.69, 9.17) is 16.3 Å². The number of hydrogen-bond acceptors (Lipinski definition) is 2. The molecule has 106 valence electrons. The first-order chi connectivity index (χ1) is 10.2. The number of aldehydes is 1. The predicted octanol–water partition coefficient (Wildman–Crippen LogP) is 4.62. The fourth-order valence-electron chi connectivity index (χ4n) is 2.53. The van der Waals surface area contributed by atoms with Crippen LogP contribution in [0.25, 0.3) is 22.2 Å². The van der Waals surface area contributed by atoms with Crippen LogP contribution in [0, 0.1) is 6.92 Å². The fraction of sp³-hybridized carbons (Fsp3) is 0.118. The van der Waals surface area contributed by atoms with E-state index in [1.807, 2.05) is 43.3 Å². The van der Waals surface area contributed by atoms with Crippen molar-refractivity contribution in [3.8, 4) is 17.0 Å².